The highest BCUT2D eigenvalue weighted by molar-refractivity contribution is 7.89. The molecule has 0 fully saturated rings. The van der Waals surface area contributed by atoms with Crippen molar-refractivity contribution in [2.75, 3.05) is 25.4 Å². The second-order valence-electron chi connectivity index (χ2n) is 4.07. The van der Waals surface area contributed by atoms with Crippen molar-refractivity contribution >= 4 is 10.0 Å². The minimum Gasteiger partial charge on any atom is -0.316 e. The van der Waals surface area contributed by atoms with Crippen molar-refractivity contribution in [2.24, 2.45) is 0 Å². The molecule has 0 radical (unpaired) electrons. The van der Waals surface area contributed by atoms with Gasteiger partial charge in [-0.1, -0.05) is 6.92 Å². The molecule has 0 bridgehead atoms. The summed E-state index contributed by atoms with van der Waals surface area (Å²) in [6.07, 6.45) is 5.11. The molecule has 5 nitrogen and oxygen atoms in total. The minimum atomic E-state index is -3.16. The summed E-state index contributed by atoms with van der Waals surface area (Å²) in [7, 11) is -3.16. The largest absolute Gasteiger partial charge is 0.316 e. The Bertz CT molecular complexity index is 420. The maximum Gasteiger partial charge on any atom is 0.212 e. The third kappa shape index (κ3) is 6.68. The van der Waals surface area contributed by atoms with Crippen LogP contribution in [0.2, 0.25) is 0 Å². The molecule has 2 N–H and O–H groups in total. The molecule has 0 aliphatic rings. The SMILES string of the molecule is CCCNCCS(=O)(=O)NCCc1ccncc1. The standard InChI is InChI=1S/C12H21N3O2S/c1-2-6-13-10-11-18(16,17)15-9-5-12-3-7-14-8-4-12/h3-4,7-8,13,15H,2,5-6,9-11H2,1H3. The molecule has 0 saturated heterocycles. The monoisotopic (exact) mass is 271 g/mol. The third-order valence-electron chi connectivity index (χ3n) is 2.46. The van der Waals surface area contributed by atoms with E-state index in [1.165, 1.54) is 0 Å². The molecule has 0 unspecified atom stereocenters. The molecule has 1 heterocycles. The molecule has 1 rings (SSSR count). The van der Waals surface area contributed by atoms with Gasteiger partial charge >= 0.3 is 0 Å². The molecule has 0 spiro atoms. The van der Waals surface area contributed by atoms with Crippen LogP contribution in [0.1, 0.15) is 18.9 Å². The van der Waals surface area contributed by atoms with Crippen LogP contribution in [-0.4, -0.2) is 38.8 Å². The highest BCUT2D eigenvalue weighted by Gasteiger charge is 2.08. The first-order chi connectivity index (χ1) is 8.64. The lowest BCUT2D eigenvalue weighted by molar-refractivity contribution is 0.576. The maximum atomic E-state index is 11.6. The topological polar surface area (TPSA) is 71.1 Å². The molecular weight excluding hydrogens is 250 g/mol. The van der Waals surface area contributed by atoms with E-state index < -0.39 is 10.0 Å². The number of hydrogen-bond donors (Lipinski definition) is 2. The van der Waals surface area contributed by atoms with Crippen molar-refractivity contribution in [1.29, 1.82) is 0 Å². The predicted octanol–water partition coefficient (Wildman–Crippen LogP) is 0.543. The molecule has 18 heavy (non-hydrogen) atoms. The van der Waals surface area contributed by atoms with E-state index in [0.29, 0.717) is 19.5 Å². The van der Waals surface area contributed by atoms with Crippen LogP contribution in [0.3, 0.4) is 0 Å². The Balaban J connectivity index is 2.21. The first kappa shape index (κ1) is 15.1. The smallest absolute Gasteiger partial charge is 0.212 e. The van der Waals surface area contributed by atoms with Crippen LogP contribution in [0.25, 0.3) is 0 Å². The number of rotatable bonds is 9. The molecule has 0 aliphatic carbocycles. The highest BCUT2D eigenvalue weighted by atomic mass is 32.2. The minimum absolute atomic E-state index is 0.128. The molecule has 0 aliphatic heterocycles. The Morgan fingerprint density at radius 3 is 2.56 bits per heavy atom. The molecule has 102 valence electrons. The fraction of sp³-hybridized carbons (Fsp3) is 0.583. The summed E-state index contributed by atoms with van der Waals surface area (Å²) in [6, 6.07) is 3.77. The second-order valence-corrected chi connectivity index (χ2v) is 6.00. The van der Waals surface area contributed by atoms with Gasteiger partial charge in [0.25, 0.3) is 0 Å². The first-order valence-electron chi connectivity index (χ1n) is 6.21. The second kappa shape index (κ2) is 8.18. The zero-order valence-corrected chi connectivity index (χ0v) is 11.5. The highest BCUT2D eigenvalue weighted by Crippen LogP contribution is 1.96. The van der Waals surface area contributed by atoms with Gasteiger partial charge in [0.2, 0.25) is 10.0 Å². The van der Waals surface area contributed by atoms with E-state index in [1.807, 2.05) is 12.1 Å². The maximum absolute atomic E-state index is 11.6. The first-order valence-corrected chi connectivity index (χ1v) is 7.86. The van der Waals surface area contributed by atoms with Crippen molar-refractivity contribution in [1.82, 2.24) is 15.0 Å². The molecule has 1 aromatic rings. The Kier molecular flexibility index (Phi) is 6.85. The Morgan fingerprint density at radius 2 is 1.89 bits per heavy atom. The predicted molar refractivity (Wildman–Crippen MR) is 72.9 cm³/mol. The normalized spacial score (nSPS) is 11.6. The van der Waals surface area contributed by atoms with Crippen LogP contribution in [-0.2, 0) is 16.4 Å². The molecule has 6 heteroatoms. The van der Waals surface area contributed by atoms with E-state index in [2.05, 4.69) is 21.9 Å². The van der Waals surface area contributed by atoms with Gasteiger partial charge < -0.3 is 5.32 Å². The zero-order chi connectivity index (χ0) is 13.3. The fourth-order valence-electron chi connectivity index (χ4n) is 1.48. The number of sulfonamides is 1. The van der Waals surface area contributed by atoms with E-state index >= 15 is 0 Å². The summed E-state index contributed by atoms with van der Waals surface area (Å²) in [5, 5.41) is 3.07. The van der Waals surface area contributed by atoms with Gasteiger partial charge in [-0.05, 0) is 37.1 Å². The van der Waals surface area contributed by atoms with Crippen LogP contribution < -0.4 is 10.0 Å². The molecule has 0 saturated carbocycles. The van der Waals surface area contributed by atoms with Crippen molar-refractivity contribution in [2.45, 2.75) is 19.8 Å². The lowest BCUT2D eigenvalue weighted by Crippen LogP contribution is -2.33. The van der Waals surface area contributed by atoms with E-state index in [-0.39, 0.29) is 5.75 Å². The van der Waals surface area contributed by atoms with Crippen molar-refractivity contribution in [3.8, 4) is 0 Å². The molecular formula is C12H21N3O2S. The summed E-state index contributed by atoms with van der Waals surface area (Å²) in [5.41, 5.74) is 1.08. The van der Waals surface area contributed by atoms with Crippen LogP contribution in [0.15, 0.2) is 24.5 Å². The van der Waals surface area contributed by atoms with Gasteiger partial charge in [-0.3, -0.25) is 4.98 Å². The van der Waals surface area contributed by atoms with Crippen molar-refractivity contribution < 1.29 is 8.42 Å². The molecule has 0 amide bonds. The van der Waals surface area contributed by atoms with Crippen LogP contribution in [0.5, 0.6) is 0 Å². The number of nitrogens with one attached hydrogen (secondary N) is 2. The van der Waals surface area contributed by atoms with Gasteiger partial charge in [-0.15, -0.1) is 0 Å². The molecule has 1 aromatic heterocycles. The van der Waals surface area contributed by atoms with Gasteiger partial charge in [-0.25, -0.2) is 13.1 Å². The molecule has 0 atom stereocenters. The number of pyridine rings is 1. The Hall–Kier alpha value is -0.980. The van der Waals surface area contributed by atoms with Crippen molar-refractivity contribution in [3.05, 3.63) is 30.1 Å². The summed E-state index contributed by atoms with van der Waals surface area (Å²) in [5.74, 6) is 0.128. The van der Waals surface area contributed by atoms with Gasteiger partial charge in [0.15, 0.2) is 0 Å². The van der Waals surface area contributed by atoms with E-state index in [9.17, 15) is 8.42 Å². The Morgan fingerprint density at radius 1 is 1.17 bits per heavy atom. The Labute approximate surface area is 109 Å². The van der Waals surface area contributed by atoms with Gasteiger partial charge in [0.1, 0.15) is 0 Å². The lowest BCUT2D eigenvalue weighted by Gasteiger charge is -2.07. The summed E-state index contributed by atoms with van der Waals surface area (Å²) < 4.78 is 25.8. The number of nitrogens with zero attached hydrogens (tertiary/aromatic N) is 1. The molecule has 0 aromatic carbocycles. The van der Waals surface area contributed by atoms with Crippen LogP contribution in [0, 0.1) is 0 Å². The summed E-state index contributed by atoms with van der Waals surface area (Å²) >= 11 is 0. The average Bonchev–Trinajstić information content (AvgIpc) is 2.36. The van der Waals surface area contributed by atoms with Gasteiger partial charge in [0.05, 0.1) is 5.75 Å². The number of aromatic nitrogens is 1. The van der Waals surface area contributed by atoms with E-state index in [4.69, 9.17) is 0 Å². The van der Waals surface area contributed by atoms with E-state index in [0.717, 1.165) is 18.5 Å². The van der Waals surface area contributed by atoms with Gasteiger partial charge in [0, 0.05) is 25.5 Å². The fourth-order valence-corrected chi connectivity index (χ4v) is 2.45. The lowest BCUT2D eigenvalue weighted by atomic mass is 10.2. The van der Waals surface area contributed by atoms with Crippen LogP contribution in [0.4, 0.5) is 0 Å². The van der Waals surface area contributed by atoms with Crippen LogP contribution >= 0.6 is 0 Å². The summed E-state index contributed by atoms with van der Waals surface area (Å²) in [4.78, 5) is 3.91. The van der Waals surface area contributed by atoms with E-state index in [1.54, 1.807) is 12.4 Å². The van der Waals surface area contributed by atoms with Crippen molar-refractivity contribution in [3.63, 3.8) is 0 Å². The average molecular weight is 271 g/mol. The quantitative estimate of drug-likeness (QED) is 0.643. The van der Waals surface area contributed by atoms with Gasteiger partial charge in [-0.2, -0.15) is 0 Å². The summed E-state index contributed by atoms with van der Waals surface area (Å²) in [6.45, 7) is 3.83. The zero-order valence-electron chi connectivity index (χ0n) is 10.7. The third-order valence-corrected chi connectivity index (χ3v) is 3.84. The number of hydrogen-bond acceptors (Lipinski definition) is 4.